The summed E-state index contributed by atoms with van der Waals surface area (Å²) in [5.41, 5.74) is 3.50. The summed E-state index contributed by atoms with van der Waals surface area (Å²) in [5.74, 6) is -0.0115. The summed E-state index contributed by atoms with van der Waals surface area (Å²) in [6.45, 7) is 2.08. The highest BCUT2D eigenvalue weighted by Gasteiger charge is 2.33. The first kappa shape index (κ1) is 29.4. The monoisotopic (exact) mass is 643 g/mol. The molecule has 2 aromatic carbocycles. The summed E-state index contributed by atoms with van der Waals surface area (Å²) in [5, 5.41) is 33.2. The van der Waals surface area contributed by atoms with Gasteiger partial charge in [0.05, 0.1) is 38.7 Å². The number of thioether (sulfide) groups is 1. The molecule has 0 bridgehead atoms. The molecule has 0 spiro atoms. The second-order valence-corrected chi connectivity index (χ2v) is 12.7. The number of rotatable bonds is 10. The zero-order valence-corrected chi connectivity index (χ0v) is 25.8. The Hall–Kier alpha value is -4.66. The number of nitro benzene ring substituents is 1. The lowest BCUT2D eigenvalue weighted by atomic mass is 10.00. The fourth-order valence-electron chi connectivity index (χ4n) is 4.72. The average Bonchev–Trinajstić information content (AvgIpc) is 3.85. The normalized spacial score (nSPS) is 14.4. The molecule has 4 heterocycles. The van der Waals surface area contributed by atoms with Crippen molar-refractivity contribution in [1.82, 2.24) is 25.1 Å². The summed E-state index contributed by atoms with van der Waals surface area (Å²) in [7, 11) is 0. The number of carbonyl (C=O) groups excluding carboxylic acids is 2. The van der Waals surface area contributed by atoms with Crippen LogP contribution < -0.4 is 5.32 Å². The second kappa shape index (κ2) is 12.9. The van der Waals surface area contributed by atoms with E-state index in [4.69, 9.17) is 5.10 Å². The van der Waals surface area contributed by atoms with Gasteiger partial charge in [-0.25, -0.2) is 5.01 Å². The predicted molar refractivity (Wildman–Crippen MR) is 170 cm³/mol. The Balaban J connectivity index is 1.25. The lowest BCUT2D eigenvalue weighted by molar-refractivity contribution is -0.384. The molecule has 0 fully saturated rings. The van der Waals surface area contributed by atoms with Crippen molar-refractivity contribution in [3.05, 3.63) is 120 Å². The maximum Gasteiger partial charge on any atom is 0.269 e. The molecule has 6 rings (SSSR count). The van der Waals surface area contributed by atoms with Crippen molar-refractivity contribution in [3.63, 3.8) is 0 Å². The standard InChI is InChI=1S/C30H25N7O4S3/c1-19-6-8-20(9-7-19)24-16-23(25-4-2-14-42-25)34-36(24)28(38)18-44-30-33-32-27(17-31-29(39)26-5-3-15-43-26)35(30)21-10-12-22(13-11-21)37(40)41/h2-15,24H,16-18H2,1H3,(H,31,39)/t24-/m0/s1. The molecule has 1 aliphatic heterocycles. The van der Waals surface area contributed by atoms with E-state index >= 15 is 0 Å². The Kier molecular flexibility index (Phi) is 8.63. The van der Waals surface area contributed by atoms with Crippen LogP contribution in [0.3, 0.4) is 0 Å². The number of nitrogens with zero attached hydrogens (tertiary/aromatic N) is 6. The highest BCUT2D eigenvalue weighted by molar-refractivity contribution is 7.99. The van der Waals surface area contributed by atoms with Crippen LogP contribution in [0.1, 0.15) is 44.0 Å². The highest BCUT2D eigenvalue weighted by atomic mass is 32.2. The van der Waals surface area contributed by atoms with Crippen molar-refractivity contribution in [2.75, 3.05) is 5.75 Å². The Morgan fingerprint density at radius 3 is 2.45 bits per heavy atom. The molecular formula is C30H25N7O4S3. The maximum atomic E-state index is 13.7. The van der Waals surface area contributed by atoms with E-state index in [0.29, 0.717) is 28.0 Å². The number of hydrazone groups is 1. The van der Waals surface area contributed by atoms with Gasteiger partial charge in [-0.2, -0.15) is 5.10 Å². The molecule has 44 heavy (non-hydrogen) atoms. The molecule has 3 aromatic heterocycles. The molecule has 14 heteroatoms. The zero-order valence-electron chi connectivity index (χ0n) is 23.3. The fourth-order valence-corrected chi connectivity index (χ4v) is 6.90. The van der Waals surface area contributed by atoms with Gasteiger partial charge in [0.2, 0.25) is 0 Å². The lowest BCUT2D eigenvalue weighted by Gasteiger charge is -2.22. The SMILES string of the molecule is Cc1ccc([C@@H]2CC(c3cccs3)=NN2C(=O)CSc2nnc(CNC(=O)c3cccs3)n2-c2ccc([N+](=O)[O-])cc2)cc1. The van der Waals surface area contributed by atoms with Crippen molar-refractivity contribution in [2.24, 2.45) is 5.10 Å². The van der Waals surface area contributed by atoms with Crippen molar-refractivity contribution >= 4 is 57.6 Å². The minimum atomic E-state index is -0.474. The summed E-state index contributed by atoms with van der Waals surface area (Å²) in [6, 6.07) is 21.3. The highest BCUT2D eigenvalue weighted by Crippen LogP contribution is 2.35. The maximum absolute atomic E-state index is 13.7. The van der Waals surface area contributed by atoms with Gasteiger partial charge in [0.1, 0.15) is 0 Å². The van der Waals surface area contributed by atoms with Crippen LogP contribution in [0, 0.1) is 17.0 Å². The molecule has 0 saturated heterocycles. The number of thiophene rings is 2. The average molecular weight is 644 g/mol. The summed E-state index contributed by atoms with van der Waals surface area (Å²) in [4.78, 5) is 38.7. The van der Waals surface area contributed by atoms with Gasteiger partial charge in [-0.3, -0.25) is 24.3 Å². The van der Waals surface area contributed by atoms with Crippen LogP contribution in [0.2, 0.25) is 0 Å². The molecule has 0 aliphatic carbocycles. The number of aryl methyl sites for hydroxylation is 1. The van der Waals surface area contributed by atoms with Gasteiger partial charge in [-0.15, -0.1) is 32.9 Å². The van der Waals surface area contributed by atoms with Gasteiger partial charge in [0.15, 0.2) is 11.0 Å². The summed E-state index contributed by atoms with van der Waals surface area (Å²) < 4.78 is 1.69. The van der Waals surface area contributed by atoms with Crippen LogP contribution in [0.15, 0.2) is 93.8 Å². The van der Waals surface area contributed by atoms with Gasteiger partial charge in [-0.05, 0) is 47.5 Å². The van der Waals surface area contributed by atoms with Crippen molar-refractivity contribution < 1.29 is 14.5 Å². The Morgan fingerprint density at radius 2 is 1.77 bits per heavy atom. The largest absolute Gasteiger partial charge is 0.344 e. The van der Waals surface area contributed by atoms with Crippen LogP contribution in [-0.2, 0) is 11.3 Å². The molecule has 0 saturated carbocycles. The Labute approximate surface area is 264 Å². The van der Waals surface area contributed by atoms with Gasteiger partial charge in [0, 0.05) is 24.2 Å². The molecule has 11 nitrogen and oxygen atoms in total. The van der Waals surface area contributed by atoms with E-state index in [1.54, 1.807) is 45.2 Å². The third-order valence-electron chi connectivity index (χ3n) is 6.93. The quantitative estimate of drug-likeness (QED) is 0.112. The van der Waals surface area contributed by atoms with E-state index in [-0.39, 0.29) is 35.8 Å². The number of amides is 2. The summed E-state index contributed by atoms with van der Waals surface area (Å²) in [6.07, 6.45) is 0.604. The number of carbonyl (C=O) groups is 2. The molecule has 1 aliphatic rings. The third-order valence-corrected chi connectivity index (χ3v) is 9.63. The number of benzene rings is 2. The number of nitrogens with one attached hydrogen (secondary N) is 1. The van der Waals surface area contributed by atoms with Crippen molar-refractivity contribution in [2.45, 2.75) is 31.1 Å². The third kappa shape index (κ3) is 6.32. The van der Waals surface area contributed by atoms with Gasteiger partial charge in [-0.1, -0.05) is 53.7 Å². The number of hydrogen-bond donors (Lipinski definition) is 1. The van der Waals surface area contributed by atoms with E-state index in [1.807, 2.05) is 54.1 Å². The number of non-ortho nitro benzene ring substituents is 1. The molecule has 0 radical (unpaired) electrons. The van der Waals surface area contributed by atoms with E-state index in [2.05, 4.69) is 15.5 Å². The minimum Gasteiger partial charge on any atom is -0.344 e. The van der Waals surface area contributed by atoms with Crippen molar-refractivity contribution in [1.29, 1.82) is 0 Å². The molecule has 1 N–H and O–H groups in total. The van der Waals surface area contributed by atoms with E-state index < -0.39 is 4.92 Å². The number of aromatic nitrogens is 3. The first-order valence-corrected chi connectivity index (χ1v) is 16.3. The Morgan fingerprint density at radius 1 is 1.02 bits per heavy atom. The second-order valence-electron chi connectivity index (χ2n) is 9.85. The number of hydrogen-bond acceptors (Lipinski definition) is 10. The first-order valence-electron chi connectivity index (χ1n) is 13.5. The molecule has 222 valence electrons. The van der Waals surface area contributed by atoms with Crippen LogP contribution in [-0.4, -0.2) is 48.0 Å². The minimum absolute atomic E-state index is 0.0241. The van der Waals surface area contributed by atoms with E-state index in [1.165, 1.54) is 35.2 Å². The molecule has 0 unspecified atom stereocenters. The molecule has 5 aromatic rings. The van der Waals surface area contributed by atoms with Gasteiger partial charge in [0.25, 0.3) is 17.5 Å². The molecule has 1 atom stereocenters. The van der Waals surface area contributed by atoms with Gasteiger partial charge >= 0.3 is 0 Å². The fraction of sp³-hybridized carbons (Fsp3) is 0.167. The van der Waals surface area contributed by atoms with Crippen molar-refractivity contribution in [3.8, 4) is 5.69 Å². The van der Waals surface area contributed by atoms with E-state index in [9.17, 15) is 19.7 Å². The van der Waals surface area contributed by atoms with Crippen LogP contribution in [0.25, 0.3) is 5.69 Å². The van der Waals surface area contributed by atoms with Crippen LogP contribution in [0.4, 0.5) is 5.69 Å². The number of nitro groups is 1. The first-order chi connectivity index (χ1) is 21.4. The zero-order chi connectivity index (χ0) is 30.6. The van der Waals surface area contributed by atoms with Gasteiger partial charge < -0.3 is 5.32 Å². The van der Waals surface area contributed by atoms with Crippen LogP contribution in [0.5, 0.6) is 0 Å². The topological polar surface area (TPSA) is 136 Å². The predicted octanol–water partition coefficient (Wildman–Crippen LogP) is 6.01. The molecule has 2 amide bonds. The van der Waals surface area contributed by atoms with E-state index in [0.717, 1.165) is 21.7 Å². The smallest absolute Gasteiger partial charge is 0.269 e. The Bertz CT molecular complexity index is 1820. The summed E-state index contributed by atoms with van der Waals surface area (Å²) >= 11 is 4.10. The van der Waals surface area contributed by atoms with Crippen LogP contribution >= 0.6 is 34.4 Å². The molecular weight excluding hydrogens is 619 g/mol. The lowest BCUT2D eigenvalue weighted by Crippen LogP contribution is -2.28.